The molecule has 1 amide bonds. The standard InChI is InChI=1S/C22H30N4O4/c1-28-15-18-14-26(24-23-18)20-10-16-12-25(13-17(16)11-21(20)29-2)22(27)8-9-30-19-6-4-3-5-7-19/h3-7,14,16-17,20-21H,8-13,15H2,1-2H3/t16-,17+,20-,21-/m1/s1. The number of carbonyl (C=O) groups is 1. The van der Waals surface area contributed by atoms with Crippen LogP contribution in [0.5, 0.6) is 5.75 Å². The molecule has 0 N–H and O–H groups in total. The van der Waals surface area contributed by atoms with Crippen molar-refractivity contribution in [2.75, 3.05) is 33.9 Å². The molecule has 2 aromatic rings. The second kappa shape index (κ2) is 9.57. The van der Waals surface area contributed by atoms with Crippen LogP contribution in [0.4, 0.5) is 0 Å². The number of rotatable bonds is 8. The lowest BCUT2D eigenvalue weighted by molar-refractivity contribution is -0.130. The van der Waals surface area contributed by atoms with Gasteiger partial charge in [-0.3, -0.25) is 4.79 Å². The largest absolute Gasteiger partial charge is 0.493 e. The Kier molecular flexibility index (Phi) is 6.64. The van der Waals surface area contributed by atoms with Crippen LogP contribution in [-0.4, -0.2) is 65.8 Å². The Labute approximate surface area is 177 Å². The predicted octanol–water partition coefficient (Wildman–Crippen LogP) is 2.32. The van der Waals surface area contributed by atoms with Crippen molar-refractivity contribution in [3.05, 3.63) is 42.2 Å². The van der Waals surface area contributed by atoms with Gasteiger partial charge in [0, 0.05) is 27.3 Å². The molecule has 4 rings (SSSR count). The van der Waals surface area contributed by atoms with Crippen LogP contribution in [0.15, 0.2) is 36.5 Å². The molecule has 1 saturated heterocycles. The number of amides is 1. The molecular weight excluding hydrogens is 384 g/mol. The average Bonchev–Trinajstić information content (AvgIpc) is 3.40. The third kappa shape index (κ3) is 4.65. The fourth-order valence-electron chi connectivity index (χ4n) is 4.75. The van der Waals surface area contributed by atoms with Crippen molar-refractivity contribution < 1.29 is 19.0 Å². The summed E-state index contributed by atoms with van der Waals surface area (Å²) in [6, 6.07) is 9.74. The quantitative estimate of drug-likeness (QED) is 0.660. The maximum absolute atomic E-state index is 12.7. The predicted molar refractivity (Wildman–Crippen MR) is 110 cm³/mol. The molecule has 1 aliphatic heterocycles. The second-order valence-electron chi connectivity index (χ2n) is 8.17. The number of methoxy groups -OCH3 is 2. The Bertz CT molecular complexity index is 828. The normalized spacial score (nSPS) is 25.9. The summed E-state index contributed by atoms with van der Waals surface area (Å²) >= 11 is 0. The minimum atomic E-state index is 0.0693. The first-order valence-corrected chi connectivity index (χ1v) is 10.6. The first-order chi connectivity index (χ1) is 14.7. The molecule has 0 radical (unpaired) electrons. The van der Waals surface area contributed by atoms with Gasteiger partial charge in [0.05, 0.1) is 38.0 Å². The van der Waals surface area contributed by atoms with Crippen LogP contribution in [0.1, 0.15) is 31.0 Å². The highest BCUT2D eigenvalue weighted by Crippen LogP contribution is 2.42. The number of likely N-dealkylation sites (tertiary alicyclic amines) is 1. The molecule has 2 heterocycles. The number of para-hydroxylation sites is 1. The summed E-state index contributed by atoms with van der Waals surface area (Å²) in [5, 5.41) is 8.50. The average molecular weight is 415 g/mol. The molecule has 162 valence electrons. The third-order valence-electron chi connectivity index (χ3n) is 6.26. The molecule has 30 heavy (non-hydrogen) atoms. The number of ether oxygens (including phenoxy) is 3. The lowest BCUT2D eigenvalue weighted by Gasteiger charge is -2.36. The Hall–Kier alpha value is -2.45. The molecule has 0 unspecified atom stereocenters. The van der Waals surface area contributed by atoms with E-state index in [0.717, 1.165) is 37.4 Å². The van der Waals surface area contributed by atoms with Crippen molar-refractivity contribution in [3.63, 3.8) is 0 Å². The molecule has 4 atom stereocenters. The number of fused-ring (bicyclic) bond motifs is 1. The van der Waals surface area contributed by atoms with E-state index in [2.05, 4.69) is 10.3 Å². The van der Waals surface area contributed by atoms with Gasteiger partial charge < -0.3 is 19.1 Å². The Balaban J connectivity index is 1.33. The van der Waals surface area contributed by atoms with E-state index in [9.17, 15) is 4.79 Å². The van der Waals surface area contributed by atoms with Gasteiger partial charge in [0.25, 0.3) is 0 Å². The van der Waals surface area contributed by atoms with Gasteiger partial charge in [-0.05, 0) is 36.8 Å². The lowest BCUT2D eigenvalue weighted by Crippen LogP contribution is -2.37. The van der Waals surface area contributed by atoms with E-state index in [4.69, 9.17) is 14.2 Å². The topological polar surface area (TPSA) is 78.7 Å². The number of carbonyl (C=O) groups excluding carboxylic acids is 1. The van der Waals surface area contributed by atoms with Crippen molar-refractivity contribution in [2.45, 2.75) is 38.0 Å². The van der Waals surface area contributed by atoms with Gasteiger partial charge in [-0.15, -0.1) is 5.10 Å². The number of benzene rings is 1. The van der Waals surface area contributed by atoms with Crippen molar-refractivity contribution in [1.29, 1.82) is 0 Å². The van der Waals surface area contributed by atoms with E-state index in [0.29, 0.717) is 31.5 Å². The molecule has 1 aromatic heterocycles. The SMILES string of the molecule is COCc1cn([C@@H]2C[C@@H]3CN(C(=O)CCOc4ccccc4)C[C@@H]3C[C@H]2OC)nn1. The van der Waals surface area contributed by atoms with Crippen LogP contribution in [-0.2, 0) is 20.9 Å². The second-order valence-corrected chi connectivity index (χ2v) is 8.17. The highest BCUT2D eigenvalue weighted by molar-refractivity contribution is 5.76. The first-order valence-electron chi connectivity index (χ1n) is 10.6. The number of aromatic nitrogens is 3. The van der Waals surface area contributed by atoms with Gasteiger partial charge in [0.2, 0.25) is 5.91 Å². The van der Waals surface area contributed by atoms with Crippen LogP contribution in [0.25, 0.3) is 0 Å². The molecule has 0 spiro atoms. The van der Waals surface area contributed by atoms with Gasteiger partial charge in [-0.2, -0.15) is 0 Å². The summed E-state index contributed by atoms with van der Waals surface area (Å²) in [6.07, 6.45) is 4.27. The van der Waals surface area contributed by atoms with Crippen LogP contribution in [0.2, 0.25) is 0 Å². The van der Waals surface area contributed by atoms with Crippen molar-refractivity contribution in [1.82, 2.24) is 19.9 Å². The summed E-state index contributed by atoms with van der Waals surface area (Å²) in [4.78, 5) is 14.7. The van der Waals surface area contributed by atoms with E-state index in [1.165, 1.54) is 0 Å². The van der Waals surface area contributed by atoms with Crippen LogP contribution < -0.4 is 4.74 Å². The zero-order chi connectivity index (χ0) is 20.9. The summed E-state index contributed by atoms with van der Waals surface area (Å²) in [5.41, 5.74) is 0.816. The zero-order valence-electron chi connectivity index (χ0n) is 17.6. The Morgan fingerprint density at radius 3 is 2.63 bits per heavy atom. The number of nitrogens with zero attached hydrogens (tertiary/aromatic N) is 4. The summed E-state index contributed by atoms with van der Waals surface area (Å²) in [7, 11) is 3.40. The van der Waals surface area contributed by atoms with Crippen molar-refractivity contribution in [2.24, 2.45) is 11.8 Å². The van der Waals surface area contributed by atoms with E-state index < -0.39 is 0 Å². The molecule has 1 aromatic carbocycles. The van der Waals surface area contributed by atoms with Crippen molar-refractivity contribution in [3.8, 4) is 5.75 Å². The molecule has 8 heteroatoms. The molecule has 1 aliphatic carbocycles. The van der Waals surface area contributed by atoms with Gasteiger partial charge in [-0.1, -0.05) is 23.4 Å². The minimum absolute atomic E-state index is 0.0693. The third-order valence-corrected chi connectivity index (χ3v) is 6.26. The molecule has 2 aliphatic rings. The van der Waals surface area contributed by atoms with E-state index in [-0.39, 0.29) is 18.1 Å². The zero-order valence-corrected chi connectivity index (χ0v) is 17.6. The fourth-order valence-corrected chi connectivity index (χ4v) is 4.75. The number of hydrogen-bond donors (Lipinski definition) is 0. The maximum Gasteiger partial charge on any atom is 0.226 e. The van der Waals surface area contributed by atoms with Crippen molar-refractivity contribution >= 4 is 5.91 Å². The van der Waals surface area contributed by atoms with Gasteiger partial charge >= 0.3 is 0 Å². The minimum Gasteiger partial charge on any atom is -0.493 e. The highest BCUT2D eigenvalue weighted by atomic mass is 16.5. The molecule has 0 bridgehead atoms. The summed E-state index contributed by atoms with van der Waals surface area (Å²) < 4.78 is 18.6. The molecule has 8 nitrogen and oxygen atoms in total. The molecular formula is C22H30N4O4. The fraction of sp³-hybridized carbons (Fsp3) is 0.591. The smallest absolute Gasteiger partial charge is 0.226 e. The summed E-state index contributed by atoms with van der Waals surface area (Å²) in [5.74, 6) is 1.88. The van der Waals surface area contributed by atoms with Crippen LogP contribution in [0, 0.1) is 11.8 Å². The van der Waals surface area contributed by atoms with E-state index in [1.807, 2.05) is 46.1 Å². The van der Waals surface area contributed by atoms with Gasteiger partial charge in [0.15, 0.2) is 0 Å². The number of hydrogen-bond acceptors (Lipinski definition) is 6. The summed E-state index contributed by atoms with van der Waals surface area (Å²) in [6.45, 7) is 2.44. The van der Waals surface area contributed by atoms with Crippen LogP contribution >= 0.6 is 0 Å². The Morgan fingerprint density at radius 2 is 1.90 bits per heavy atom. The highest BCUT2D eigenvalue weighted by Gasteiger charge is 2.44. The maximum atomic E-state index is 12.7. The Morgan fingerprint density at radius 1 is 1.13 bits per heavy atom. The van der Waals surface area contributed by atoms with E-state index >= 15 is 0 Å². The monoisotopic (exact) mass is 414 g/mol. The first kappa shape index (κ1) is 20.8. The van der Waals surface area contributed by atoms with Crippen LogP contribution in [0.3, 0.4) is 0 Å². The van der Waals surface area contributed by atoms with Gasteiger partial charge in [-0.25, -0.2) is 4.68 Å². The molecule has 1 saturated carbocycles. The lowest BCUT2D eigenvalue weighted by atomic mass is 9.77. The van der Waals surface area contributed by atoms with E-state index in [1.54, 1.807) is 14.2 Å². The van der Waals surface area contributed by atoms with Gasteiger partial charge in [0.1, 0.15) is 11.4 Å². The molecule has 2 fully saturated rings.